The molecule has 0 aromatic carbocycles. The summed E-state index contributed by atoms with van der Waals surface area (Å²) in [6.45, 7) is 2.27. The Morgan fingerprint density at radius 1 is 0.750 bits per heavy atom. The molecule has 0 N–H and O–H groups in total. The van der Waals surface area contributed by atoms with Gasteiger partial charge in [-0.05, 0) is 6.42 Å². The van der Waals surface area contributed by atoms with Crippen LogP contribution in [0.15, 0.2) is 0 Å². The summed E-state index contributed by atoms with van der Waals surface area (Å²) < 4.78 is 28.8. The average molecular weight is 428 g/mol. The number of hydrogen-bond donors (Lipinski definition) is 0. The van der Waals surface area contributed by atoms with E-state index in [1.165, 1.54) is 64.2 Å². The van der Waals surface area contributed by atoms with Crippen LogP contribution in [-0.2, 0) is 24.1 Å². The topological polar surface area (TPSA) is 80.8 Å². The van der Waals surface area contributed by atoms with Gasteiger partial charge in [0.25, 0.3) is 0 Å². The molecule has 28 heavy (non-hydrogen) atoms. The number of amides is 2. The Morgan fingerprint density at radius 3 is 1.50 bits per heavy atom. The Labute approximate surface area is 195 Å². The van der Waals surface area contributed by atoms with Crippen LogP contribution in [0, 0.1) is 0 Å². The summed E-state index contributed by atoms with van der Waals surface area (Å²) in [5, 5.41) is 0. The summed E-state index contributed by atoms with van der Waals surface area (Å²) in [7, 11) is -4.24. The third-order valence-electron chi connectivity index (χ3n) is 4.96. The van der Waals surface area contributed by atoms with Crippen molar-refractivity contribution in [2.45, 2.75) is 110 Å². The average Bonchev–Trinajstić information content (AvgIpc) is 2.97. The fourth-order valence-electron chi connectivity index (χ4n) is 3.32. The van der Waals surface area contributed by atoms with Gasteiger partial charge >= 0.3 is 39.9 Å². The molecule has 0 aliphatic carbocycles. The standard InChI is InChI=1S/C20H37NO5S.Na.H/c1-2-3-4-5-6-7-8-9-10-11-12-13-14-15-18-26-27(24,25)21-19(22)16-17-20(21)23;;/h2-18H2,1H3;;/q;+1;-1. The molecule has 0 radical (unpaired) electrons. The number of nitrogens with zero attached hydrogens (tertiary/aromatic N) is 1. The van der Waals surface area contributed by atoms with Crippen LogP contribution in [-0.4, -0.2) is 31.1 Å². The van der Waals surface area contributed by atoms with Crippen LogP contribution in [0.1, 0.15) is 111 Å². The number of rotatable bonds is 17. The second kappa shape index (κ2) is 16.8. The van der Waals surface area contributed by atoms with Crippen LogP contribution in [0.3, 0.4) is 0 Å². The summed E-state index contributed by atoms with van der Waals surface area (Å²) in [4.78, 5) is 22.9. The molecular formula is C20H38NNaO5S. The minimum atomic E-state index is -4.24. The SMILES string of the molecule is CCCCCCCCCCCCCCCCOS(=O)(=O)N1C(=O)CCC1=O.[H-].[Na+]. The predicted molar refractivity (Wildman–Crippen MR) is 107 cm³/mol. The number of imide groups is 1. The quantitative estimate of drug-likeness (QED) is 0.201. The minimum Gasteiger partial charge on any atom is -1.00 e. The van der Waals surface area contributed by atoms with E-state index in [4.69, 9.17) is 4.18 Å². The zero-order valence-corrected chi connectivity index (χ0v) is 20.7. The van der Waals surface area contributed by atoms with Crippen LogP contribution < -0.4 is 29.6 Å². The smallest absolute Gasteiger partial charge is 1.00 e. The Morgan fingerprint density at radius 2 is 1.11 bits per heavy atom. The fourth-order valence-corrected chi connectivity index (χ4v) is 4.43. The number of carbonyl (C=O) groups is 2. The molecule has 0 bridgehead atoms. The van der Waals surface area contributed by atoms with Gasteiger partial charge in [-0.25, -0.2) is 0 Å². The molecule has 6 nitrogen and oxygen atoms in total. The first-order chi connectivity index (χ1) is 13.0. The van der Waals surface area contributed by atoms with Crippen molar-refractivity contribution in [1.29, 1.82) is 0 Å². The van der Waals surface area contributed by atoms with Crippen LogP contribution in [0.2, 0.25) is 0 Å². The van der Waals surface area contributed by atoms with E-state index < -0.39 is 22.1 Å². The van der Waals surface area contributed by atoms with E-state index in [0.717, 1.165) is 19.3 Å². The van der Waals surface area contributed by atoms with Crippen LogP contribution in [0.25, 0.3) is 0 Å². The van der Waals surface area contributed by atoms with E-state index in [1.54, 1.807) is 0 Å². The third-order valence-corrected chi connectivity index (χ3v) is 6.28. The van der Waals surface area contributed by atoms with Crippen molar-refractivity contribution >= 4 is 22.1 Å². The number of carbonyl (C=O) groups excluding carboxylic acids is 2. The van der Waals surface area contributed by atoms with E-state index in [0.29, 0.717) is 6.42 Å². The molecule has 0 unspecified atom stereocenters. The van der Waals surface area contributed by atoms with E-state index in [-0.39, 0.29) is 54.7 Å². The Kier molecular flexibility index (Phi) is 16.8. The molecule has 1 heterocycles. The van der Waals surface area contributed by atoms with Gasteiger partial charge < -0.3 is 1.43 Å². The Bertz CT molecular complexity index is 529. The van der Waals surface area contributed by atoms with Gasteiger partial charge in [0.1, 0.15) is 0 Å². The normalized spacial score (nSPS) is 14.5. The summed E-state index contributed by atoms with van der Waals surface area (Å²) >= 11 is 0. The van der Waals surface area contributed by atoms with Crippen LogP contribution >= 0.6 is 0 Å². The van der Waals surface area contributed by atoms with Crippen molar-refractivity contribution < 1.29 is 53.2 Å². The molecule has 1 aliphatic rings. The predicted octanol–water partition coefficient (Wildman–Crippen LogP) is 1.99. The molecule has 0 aromatic rings. The number of unbranched alkanes of at least 4 members (excludes halogenated alkanes) is 13. The molecule has 0 saturated carbocycles. The molecule has 1 rings (SSSR count). The van der Waals surface area contributed by atoms with Crippen molar-refractivity contribution in [3.8, 4) is 0 Å². The number of hydrogen-bond acceptors (Lipinski definition) is 5. The first kappa shape index (κ1) is 28.1. The first-order valence-corrected chi connectivity index (χ1v) is 12.1. The van der Waals surface area contributed by atoms with E-state index in [9.17, 15) is 18.0 Å². The van der Waals surface area contributed by atoms with Crippen LogP contribution in [0.4, 0.5) is 0 Å². The van der Waals surface area contributed by atoms with E-state index >= 15 is 0 Å². The maximum Gasteiger partial charge on any atom is 1.00 e. The fraction of sp³-hybridized carbons (Fsp3) is 0.900. The van der Waals surface area contributed by atoms with Crippen molar-refractivity contribution in [2.24, 2.45) is 0 Å². The van der Waals surface area contributed by atoms with Gasteiger partial charge in [-0.2, -0.15) is 12.7 Å². The monoisotopic (exact) mass is 427 g/mol. The second-order valence-corrected chi connectivity index (χ2v) is 8.88. The van der Waals surface area contributed by atoms with Gasteiger partial charge in [0.15, 0.2) is 0 Å². The molecule has 0 aromatic heterocycles. The zero-order chi connectivity index (χ0) is 20.0. The van der Waals surface area contributed by atoms with Gasteiger partial charge in [0, 0.05) is 12.8 Å². The van der Waals surface area contributed by atoms with Gasteiger partial charge in [-0.3, -0.25) is 13.8 Å². The molecule has 0 spiro atoms. The van der Waals surface area contributed by atoms with Crippen molar-refractivity contribution in [3.63, 3.8) is 0 Å². The molecule has 1 fully saturated rings. The van der Waals surface area contributed by atoms with E-state index in [1.807, 2.05) is 0 Å². The molecule has 1 aliphatic heterocycles. The van der Waals surface area contributed by atoms with Crippen molar-refractivity contribution in [2.75, 3.05) is 6.61 Å². The zero-order valence-electron chi connectivity index (χ0n) is 18.9. The first-order valence-electron chi connectivity index (χ1n) is 10.7. The minimum absolute atomic E-state index is 0. The summed E-state index contributed by atoms with van der Waals surface area (Å²) in [5.74, 6) is -1.39. The molecule has 2 amide bonds. The van der Waals surface area contributed by atoms with Crippen LogP contribution in [0.5, 0.6) is 0 Å². The van der Waals surface area contributed by atoms with Gasteiger partial charge in [-0.1, -0.05) is 90.4 Å². The molecule has 1 saturated heterocycles. The maximum atomic E-state index is 11.8. The second-order valence-electron chi connectivity index (χ2n) is 7.43. The third kappa shape index (κ3) is 11.9. The Hall–Kier alpha value is 0.0500. The van der Waals surface area contributed by atoms with E-state index in [2.05, 4.69) is 6.92 Å². The molecule has 8 heteroatoms. The summed E-state index contributed by atoms with van der Waals surface area (Å²) in [6.07, 6.45) is 16.9. The molecule has 0 atom stereocenters. The van der Waals surface area contributed by atoms with Crippen molar-refractivity contribution in [3.05, 3.63) is 0 Å². The Balaban J connectivity index is 0. The summed E-state index contributed by atoms with van der Waals surface area (Å²) in [6, 6.07) is 0. The van der Waals surface area contributed by atoms with Gasteiger partial charge in [-0.15, -0.1) is 0 Å². The van der Waals surface area contributed by atoms with Gasteiger partial charge in [0.2, 0.25) is 11.8 Å². The molecular weight excluding hydrogens is 389 g/mol. The maximum absolute atomic E-state index is 11.8. The largest absolute Gasteiger partial charge is 1.00 e. The summed E-state index contributed by atoms with van der Waals surface area (Å²) in [5.41, 5.74) is 0. The van der Waals surface area contributed by atoms with Crippen molar-refractivity contribution in [1.82, 2.24) is 4.31 Å². The van der Waals surface area contributed by atoms with Gasteiger partial charge in [0.05, 0.1) is 6.61 Å². The molecule has 160 valence electrons.